The molecule has 0 aliphatic rings. The van der Waals surface area contributed by atoms with Gasteiger partial charge in [-0.25, -0.2) is 4.98 Å². The summed E-state index contributed by atoms with van der Waals surface area (Å²) in [4.78, 5) is 27.8. The predicted octanol–water partition coefficient (Wildman–Crippen LogP) is 6.38. The first-order valence-corrected chi connectivity index (χ1v) is 12.9. The smallest absolute Gasteiger partial charge is 0.271 e. The van der Waals surface area contributed by atoms with Gasteiger partial charge in [-0.05, 0) is 30.3 Å². The van der Waals surface area contributed by atoms with Gasteiger partial charge in [0.1, 0.15) is 17.1 Å². The number of thioether (sulfide) groups is 1. The molecule has 0 bridgehead atoms. The Bertz CT molecular complexity index is 1420. The molecule has 0 atom stereocenters. The molecule has 1 N–H and O–H groups in total. The number of carbonyl (C=O) groups is 1. The van der Waals surface area contributed by atoms with Gasteiger partial charge in [0.05, 0.1) is 23.5 Å². The number of aromatic nitrogens is 3. The molecule has 9 nitrogen and oxygen atoms in total. The summed E-state index contributed by atoms with van der Waals surface area (Å²) < 4.78 is 7.07. The van der Waals surface area contributed by atoms with Crippen LogP contribution >= 0.6 is 43.6 Å². The molecule has 0 saturated carbocycles. The van der Waals surface area contributed by atoms with E-state index in [2.05, 4.69) is 52.4 Å². The van der Waals surface area contributed by atoms with Crippen molar-refractivity contribution in [3.63, 3.8) is 0 Å². The van der Waals surface area contributed by atoms with Gasteiger partial charge in [-0.3, -0.25) is 14.9 Å². The summed E-state index contributed by atoms with van der Waals surface area (Å²) in [6.07, 6.45) is 0. The van der Waals surface area contributed by atoms with Crippen LogP contribution in [-0.4, -0.2) is 38.9 Å². The summed E-state index contributed by atoms with van der Waals surface area (Å²) in [7, 11) is 1.42. The summed E-state index contributed by atoms with van der Waals surface area (Å²) in [6, 6.07) is 19.3. The molecule has 0 spiro atoms. The summed E-state index contributed by atoms with van der Waals surface area (Å²) in [5.41, 5.74) is 2.98. The fraction of sp³-hybridized carbons (Fsp3) is 0.0833. The van der Waals surface area contributed by atoms with Gasteiger partial charge in [-0.15, -0.1) is 10.2 Å². The topological polar surface area (TPSA) is 120 Å². The summed E-state index contributed by atoms with van der Waals surface area (Å²) in [5.74, 6) is -0.122. The van der Waals surface area contributed by atoms with Gasteiger partial charge in [0.15, 0.2) is 0 Å². The molecule has 4 aromatic rings. The molecule has 4 rings (SSSR count). The molecule has 0 radical (unpaired) electrons. The second kappa shape index (κ2) is 11.6. The third-order valence-electron chi connectivity index (χ3n) is 4.90. The number of nitro groups is 1. The van der Waals surface area contributed by atoms with Crippen molar-refractivity contribution in [2.45, 2.75) is 5.16 Å². The maximum Gasteiger partial charge on any atom is 0.271 e. The minimum atomic E-state index is -0.542. The van der Waals surface area contributed by atoms with Gasteiger partial charge in [0.25, 0.3) is 5.69 Å². The number of non-ortho nitro benzene ring substituents is 1. The predicted molar refractivity (Wildman–Crippen MR) is 145 cm³/mol. The fourth-order valence-electron chi connectivity index (χ4n) is 3.21. The van der Waals surface area contributed by atoms with E-state index in [1.807, 2.05) is 48.5 Å². The van der Waals surface area contributed by atoms with Crippen molar-refractivity contribution >= 4 is 60.9 Å². The molecule has 1 amide bonds. The molecule has 182 valence electrons. The number of hydrogen-bond acceptors (Lipinski definition) is 8. The number of ether oxygens (including phenoxy) is 1. The monoisotopic (exact) mass is 629 g/mol. The minimum Gasteiger partial charge on any atom is -0.495 e. The molecule has 0 unspecified atom stereocenters. The molecular formula is C24H17Br2N5O4S. The zero-order valence-electron chi connectivity index (χ0n) is 18.6. The first kappa shape index (κ1) is 25.7. The fourth-order valence-corrected chi connectivity index (χ4v) is 4.32. The Morgan fingerprint density at radius 2 is 1.58 bits per heavy atom. The molecule has 1 heterocycles. The maximum atomic E-state index is 12.6. The van der Waals surface area contributed by atoms with Crippen LogP contribution < -0.4 is 10.1 Å². The SMILES string of the molecule is COc1ccc([N+](=O)[O-])cc1NC(=O)CSc1nnc(-c2ccc(Br)cc2)c(-c2ccc(Br)cc2)n1. The van der Waals surface area contributed by atoms with E-state index >= 15 is 0 Å². The van der Waals surface area contributed by atoms with Gasteiger partial charge < -0.3 is 10.1 Å². The Morgan fingerprint density at radius 1 is 0.972 bits per heavy atom. The molecule has 36 heavy (non-hydrogen) atoms. The first-order valence-electron chi connectivity index (χ1n) is 10.4. The Labute approximate surface area is 227 Å². The van der Waals surface area contributed by atoms with Crippen LogP contribution in [0.5, 0.6) is 5.75 Å². The van der Waals surface area contributed by atoms with Crippen LogP contribution in [0.25, 0.3) is 22.5 Å². The summed E-state index contributed by atoms with van der Waals surface area (Å²) in [5, 5.41) is 22.7. The average Bonchev–Trinajstić information content (AvgIpc) is 2.88. The van der Waals surface area contributed by atoms with E-state index < -0.39 is 10.8 Å². The quantitative estimate of drug-likeness (QED) is 0.135. The van der Waals surface area contributed by atoms with Gasteiger partial charge >= 0.3 is 0 Å². The molecule has 0 fully saturated rings. The van der Waals surface area contributed by atoms with E-state index in [0.29, 0.717) is 22.3 Å². The molecule has 3 aromatic carbocycles. The lowest BCUT2D eigenvalue weighted by atomic mass is 10.0. The second-order valence-corrected chi connectivity index (χ2v) is 10.1. The van der Waals surface area contributed by atoms with Crippen LogP contribution in [0.3, 0.4) is 0 Å². The lowest BCUT2D eigenvalue weighted by molar-refractivity contribution is -0.384. The molecule has 12 heteroatoms. The maximum absolute atomic E-state index is 12.6. The average molecular weight is 631 g/mol. The Balaban J connectivity index is 1.57. The molecule has 0 saturated heterocycles. The van der Waals surface area contributed by atoms with Crippen molar-refractivity contribution in [1.82, 2.24) is 15.2 Å². The number of nitro benzene ring substituents is 1. The molecular weight excluding hydrogens is 614 g/mol. The lowest BCUT2D eigenvalue weighted by Gasteiger charge is -2.11. The highest BCUT2D eigenvalue weighted by Gasteiger charge is 2.17. The van der Waals surface area contributed by atoms with Crippen LogP contribution in [0, 0.1) is 10.1 Å². The highest BCUT2D eigenvalue weighted by molar-refractivity contribution is 9.10. The van der Waals surface area contributed by atoms with E-state index in [9.17, 15) is 14.9 Å². The van der Waals surface area contributed by atoms with Gasteiger partial charge in [-0.1, -0.05) is 67.9 Å². The number of methoxy groups -OCH3 is 1. The van der Waals surface area contributed by atoms with Crippen LogP contribution in [0.2, 0.25) is 0 Å². The number of anilines is 1. The van der Waals surface area contributed by atoms with Crippen molar-refractivity contribution in [1.29, 1.82) is 0 Å². The van der Waals surface area contributed by atoms with E-state index in [1.165, 1.54) is 25.3 Å². The first-order chi connectivity index (χ1) is 17.3. The lowest BCUT2D eigenvalue weighted by Crippen LogP contribution is -2.15. The highest BCUT2D eigenvalue weighted by atomic mass is 79.9. The zero-order chi connectivity index (χ0) is 25.7. The van der Waals surface area contributed by atoms with Gasteiger partial charge in [0.2, 0.25) is 11.1 Å². The van der Waals surface area contributed by atoms with Crippen LogP contribution in [0.15, 0.2) is 80.8 Å². The third-order valence-corrected chi connectivity index (χ3v) is 6.80. The number of benzene rings is 3. The van der Waals surface area contributed by atoms with Crippen molar-refractivity contribution in [2.75, 3.05) is 18.2 Å². The van der Waals surface area contributed by atoms with E-state index in [4.69, 9.17) is 4.74 Å². The van der Waals surface area contributed by atoms with Crippen LogP contribution in [0.1, 0.15) is 0 Å². The molecule has 0 aliphatic heterocycles. The van der Waals surface area contributed by atoms with E-state index in [1.54, 1.807) is 0 Å². The Hall–Kier alpha value is -3.35. The number of nitrogens with one attached hydrogen (secondary N) is 1. The molecule has 0 aliphatic carbocycles. The van der Waals surface area contributed by atoms with Gasteiger partial charge in [0, 0.05) is 32.2 Å². The summed E-state index contributed by atoms with van der Waals surface area (Å²) in [6.45, 7) is 0. The number of rotatable bonds is 8. The van der Waals surface area contributed by atoms with Crippen molar-refractivity contribution in [3.8, 4) is 28.3 Å². The largest absolute Gasteiger partial charge is 0.495 e. The number of nitrogens with zero attached hydrogens (tertiary/aromatic N) is 4. The third kappa shape index (κ3) is 6.25. The number of hydrogen-bond donors (Lipinski definition) is 1. The number of amides is 1. The minimum absolute atomic E-state index is 0.0368. The number of carbonyl (C=O) groups excluding carboxylic acids is 1. The second-order valence-electron chi connectivity index (χ2n) is 7.28. The standard InChI is InChI=1S/C24H17Br2N5O4S/c1-35-20-11-10-18(31(33)34)12-19(20)27-21(32)13-36-24-28-22(14-2-6-16(25)7-3-14)23(29-30-24)15-4-8-17(26)9-5-15/h2-12H,13H2,1H3,(H,27,32). The van der Waals surface area contributed by atoms with Crippen molar-refractivity contribution in [2.24, 2.45) is 0 Å². The summed E-state index contributed by atoms with van der Waals surface area (Å²) >= 11 is 7.99. The van der Waals surface area contributed by atoms with E-state index in [-0.39, 0.29) is 17.1 Å². The van der Waals surface area contributed by atoms with Gasteiger partial charge in [-0.2, -0.15) is 0 Å². The highest BCUT2D eigenvalue weighted by Crippen LogP contribution is 2.32. The normalized spacial score (nSPS) is 10.6. The zero-order valence-corrected chi connectivity index (χ0v) is 22.6. The van der Waals surface area contributed by atoms with Crippen molar-refractivity contribution in [3.05, 3.63) is 85.8 Å². The number of halogens is 2. The Kier molecular flexibility index (Phi) is 8.28. The Morgan fingerprint density at radius 3 is 2.17 bits per heavy atom. The van der Waals surface area contributed by atoms with Crippen LogP contribution in [-0.2, 0) is 4.79 Å². The van der Waals surface area contributed by atoms with Crippen molar-refractivity contribution < 1.29 is 14.5 Å². The van der Waals surface area contributed by atoms with E-state index in [0.717, 1.165) is 31.8 Å². The van der Waals surface area contributed by atoms with Crippen LogP contribution in [0.4, 0.5) is 11.4 Å². The molecule has 1 aromatic heterocycles.